The first-order valence-corrected chi connectivity index (χ1v) is 8.61. The Labute approximate surface area is 140 Å². The Balaban J connectivity index is 1.26. The van der Waals surface area contributed by atoms with E-state index in [2.05, 4.69) is 30.8 Å². The summed E-state index contributed by atoms with van der Waals surface area (Å²) in [6.07, 6.45) is 4.61. The Morgan fingerprint density at radius 2 is 2.33 bits per heavy atom. The molecule has 0 unspecified atom stereocenters. The van der Waals surface area contributed by atoms with Gasteiger partial charge in [-0.05, 0) is 42.0 Å². The fourth-order valence-electron chi connectivity index (χ4n) is 3.94. The number of carbonyl (C=O) groups is 1. The molecule has 0 spiro atoms. The molecule has 1 aromatic heterocycles. The van der Waals surface area contributed by atoms with Crippen molar-refractivity contribution in [3.05, 3.63) is 29.8 Å². The van der Waals surface area contributed by atoms with E-state index in [4.69, 9.17) is 0 Å². The zero-order valence-corrected chi connectivity index (χ0v) is 13.6. The molecule has 2 bridgehead atoms. The van der Waals surface area contributed by atoms with E-state index in [1.807, 2.05) is 24.3 Å². The summed E-state index contributed by atoms with van der Waals surface area (Å²) >= 11 is 0. The Morgan fingerprint density at radius 1 is 1.38 bits per heavy atom. The van der Waals surface area contributed by atoms with Crippen LogP contribution in [0.4, 0.5) is 0 Å². The summed E-state index contributed by atoms with van der Waals surface area (Å²) in [6, 6.07) is 8.56. The van der Waals surface area contributed by atoms with Crippen molar-refractivity contribution in [2.24, 2.45) is 5.92 Å². The minimum Gasteiger partial charge on any atom is -0.352 e. The van der Waals surface area contributed by atoms with E-state index in [-0.39, 0.29) is 5.91 Å². The van der Waals surface area contributed by atoms with E-state index in [0.29, 0.717) is 18.8 Å². The minimum absolute atomic E-state index is 0.114. The summed E-state index contributed by atoms with van der Waals surface area (Å²) in [5.41, 5.74) is 1.93. The fourth-order valence-corrected chi connectivity index (χ4v) is 3.94. The molecule has 1 saturated heterocycles. The third-order valence-electron chi connectivity index (χ3n) is 5.17. The lowest BCUT2D eigenvalue weighted by Gasteiger charge is -2.26. The van der Waals surface area contributed by atoms with E-state index >= 15 is 0 Å². The summed E-state index contributed by atoms with van der Waals surface area (Å²) < 4.78 is 0. The number of nitrogens with zero attached hydrogens (tertiary/aromatic N) is 4. The molecule has 2 N–H and O–H groups in total. The maximum absolute atomic E-state index is 12.1. The van der Waals surface area contributed by atoms with Crippen LogP contribution in [0.15, 0.2) is 24.3 Å². The number of amides is 1. The van der Waals surface area contributed by atoms with E-state index in [1.54, 1.807) is 0 Å². The lowest BCUT2D eigenvalue weighted by Crippen LogP contribution is -2.35. The lowest BCUT2D eigenvalue weighted by atomic mass is 10.1. The van der Waals surface area contributed by atoms with Gasteiger partial charge in [-0.25, -0.2) is 0 Å². The first-order valence-electron chi connectivity index (χ1n) is 8.61. The van der Waals surface area contributed by atoms with Crippen molar-refractivity contribution in [3.63, 3.8) is 0 Å². The molecule has 2 fully saturated rings. The molecule has 4 rings (SSSR count). The van der Waals surface area contributed by atoms with E-state index in [1.165, 1.54) is 25.8 Å². The maximum atomic E-state index is 12.1. The second-order valence-electron chi connectivity index (χ2n) is 6.79. The van der Waals surface area contributed by atoms with Crippen LogP contribution >= 0.6 is 0 Å². The topological polar surface area (TPSA) is 86.8 Å². The molecular formula is C17H22N6O. The largest absolute Gasteiger partial charge is 0.352 e. The number of H-pyrrole nitrogens is 1. The van der Waals surface area contributed by atoms with Crippen LogP contribution in [0.3, 0.4) is 0 Å². The smallest absolute Gasteiger partial charge is 0.221 e. The van der Waals surface area contributed by atoms with Gasteiger partial charge < -0.3 is 5.32 Å². The Morgan fingerprint density at radius 3 is 3.08 bits per heavy atom. The van der Waals surface area contributed by atoms with Gasteiger partial charge in [-0.3, -0.25) is 9.69 Å². The van der Waals surface area contributed by atoms with Crippen LogP contribution in [0.1, 0.15) is 31.2 Å². The van der Waals surface area contributed by atoms with Crippen LogP contribution < -0.4 is 5.32 Å². The highest BCUT2D eigenvalue weighted by atomic mass is 16.1. The summed E-state index contributed by atoms with van der Waals surface area (Å²) in [7, 11) is 0. The predicted octanol–water partition coefficient (Wildman–Crippen LogP) is 1.36. The van der Waals surface area contributed by atoms with Crippen LogP contribution in [-0.2, 0) is 11.3 Å². The van der Waals surface area contributed by atoms with Crippen LogP contribution in [0, 0.1) is 5.92 Å². The van der Waals surface area contributed by atoms with Crippen molar-refractivity contribution in [2.45, 2.75) is 38.3 Å². The number of piperidine rings is 1. The molecule has 1 saturated carbocycles. The molecule has 1 amide bonds. The average molecular weight is 326 g/mol. The number of likely N-dealkylation sites (tertiary alicyclic amines) is 1. The average Bonchev–Trinajstić information content (AvgIpc) is 3.36. The zero-order valence-electron chi connectivity index (χ0n) is 13.6. The molecule has 1 aliphatic carbocycles. The van der Waals surface area contributed by atoms with Crippen molar-refractivity contribution in [1.82, 2.24) is 30.8 Å². The number of fused-ring (bicyclic) bond motifs is 2. The number of hydrogen-bond donors (Lipinski definition) is 2. The van der Waals surface area contributed by atoms with E-state index in [9.17, 15) is 4.79 Å². The van der Waals surface area contributed by atoms with Gasteiger partial charge in [-0.15, -0.1) is 10.2 Å². The van der Waals surface area contributed by atoms with Gasteiger partial charge in [0.15, 0.2) is 0 Å². The number of aromatic nitrogens is 4. The highest BCUT2D eigenvalue weighted by Gasteiger charge is 2.37. The molecule has 2 aliphatic rings. The summed E-state index contributed by atoms with van der Waals surface area (Å²) in [4.78, 5) is 14.6. The van der Waals surface area contributed by atoms with Gasteiger partial charge in [0, 0.05) is 37.7 Å². The molecule has 126 valence electrons. The SMILES string of the molecule is O=C(CCN1C[C@H]2CC[C@@H]1C2)NCc1cccc(-c2nn[nH]n2)c1. The highest BCUT2D eigenvalue weighted by Crippen LogP contribution is 2.37. The number of benzene rings is 1. The zero-order chi connectivity index (χ0) is 16.4. The van der Waals surface area contributed by atoms with Gasteiger partial charge >= 0.3 is 0 Å². The van der Waals surface area contributed by atoms with Gasteiger partial charge in [-0.2, -0.15) is 5.21 Å². The van der Waals surface area contributed by atoms with Crippen LogP contribution in [0.25, 0.3) is 11.4 Å². The van der Waals surface area contributed by atoms with Crippen molar-refractivity contribution in [3.8, 4) is 11.4 Å². The molecule has 7 heteroatoms. The molecular weight excluding hydrogens is 304 g/mol. The van der Waals surface area contributed by atoms with Crippen molar-refractivity contribution >= 4 is 5.91 Å². The maximum Gasteiger partial charge on any atom is 0.221 e. The van der Waals surface area contributed by atoms with Crippen molar-refractivity contribution in [1.29, 1.82) is 0 Å². The lowest BCUT2D eigenvalue weighted by molar-refractivity contribution is -0.121. The predicted molar refractivity (Wildman–Crippen MR) is 88.8 cm³/mol. The molecule has 0 radical (unpaired) electrons. The highest BCUT2D eigenvalue weighted by molar-refractivity contribution is 5.76. The van der Waals surface area contributed by atoms with Gasteiger partial charge in [0.1, 0.15) is 0 Å². The molecule has 2 atom stereocenters. The fraction of sp³-hybridized carbons (Fsp3) is 0.529. The third kappa shape index (κ3) is 3.31. The molecule has 2 aromatic rings. The number of rotatable bonds is 6. The molecule has 24 heavy (non-hydrogen) atoms. The van der Waals surface area contributed by atoms with Gasteiger partial charge in [0.2, 0.25) is 11.7 Å². The Bertz CT molecular complexity index is 701. The monoisotopic (exact) mass is 326 g/mol. The Kier molecular flexibility index (Phi) is 4.25. The van der Waals surface area contributed by atoms with Gasteiger partial charge in [0.25, 0.3) is 0 Å². The number of carbonyl (C=O) groups excluding carboxylic acids is 1. The van der Waals surface area contributed by atoms with E-state index < -0.39 is 0 Å². The first-order chi connectivity index (χ1) is 11.8. The summed E-state index contributed by atoms with van der Waals surface area (Å²) in [5, 5.41) is 17.0. The van der Waals surface area contributed by atoms with Crippen LogP contribution in [0.2, 0.25) is 0 Å². The standard InChI is InChI=1S/C17H22N6O/c24-16(6-7-23-11-13-4-5-15(23)9-13)18-10-12-2-1-3-14(8-12)17-19-21-22-20-17/h1-3,8,13,15H,4-7,9-11H2,(H,18,24)(H,19,20,21,22)/t13-,15+/m0/s1. The van der Waals surface area contributed by atoms with Crippen LogP contribution in [0.5, 0.6) is 0 Å². The normalized spacial score (nSPS) is 22.8. The third-order valence-corrected chi connectivity index (χ3v) is 5.17. The Hall–Kier alpha value is -2.28. The number of hydrogen-bond acceptors (Lipinski definition) is 5. The van der Waals surface area contributed by atoms with Gasteiger partial charge in [0.05, 0.1) is 0 Å². The molecule has 7 nitrogen and oxygen atoms in total. The second kappa shape index (κ2) is 6.68. The minimum atomic E-state index is 0.114. The first kappa shape index (κ1) is 15.3. The van der Waals surface area contributed by atoms with E-state index in [0.717, 1.165) is 29.6 Å². The number of nitrogens with one attached hydrogen (secondary N) is 2. The molecule has 1 aromatic carbocycles. The summed E-state index contributed by atoms with van der Waals surface area (Å²) in [5.74, 6) is 1.56. The number of tetrazole rings is 1. The van der Waals surface area contributed by atoms with Gasteiger partial charge in [-0.1, -0.05) is 18.2 Å². The quantitative estimate of drug-likeness (QED) is 0.837. The number of aromatic amines is 1. The van der Waals surface area contributed by atoms with Crippen LogP contribution in [-0.4, -0.2) is 50.6 Å². The summed E-state index contributed by atoms with van der Waals surface area (Å²) in [6.45, 7) is 2.59. The molecule has 1 aliphatic heterocycles. The second-order valence-corrected chi connectivity index (χ2v) is 6.79. The van der Waals surface area contributed by atoms with Crippen molar-refractivity contribution in [2.75, 3.05) is 13.1 Å². The molecule has 2 heterocycles. The van der Waals surface area contributed by atoms with Crippen molar-refractivity contribution < 1.29 is 4.79 Å².